The molecule has 4 aromatic rings. The first-order valence-corrected chi connectivity index (χ1v) is 8.66. The van der Waals surface area contributed by atoms with Crippen LogP contribution in [0, 0.1) is 0 Å². The van der Waals surface area contributed by atoms with E-state index in [-0.39, 0.29) is 0 Å². The number of hydrogen-bond donors (Lipinski definition) is 1. The van der Waals surface area contributed by atoms with Gasteiger partial charge in [-0.1, -0.05) is 36.4 Å². The summed E-state index contributed by atoms with van der Waals surface area (Å²) in [6.07, 6.45) is 3.25. The molecule has 0 radical (unpaired) electrons. The van der Waals surface area contributed by atoms with Gasteiger partial charge in [-0.25, -0.2) is 4.98 Å². The van der Waals surface area contributed by atoms with E-state index in [9.17, 15) is 0 Å². The Labute approximate surface area is 138 Å². The molecule has 0 saturated heterocycles. The molecule has 0 bridgehead atoms. The first-order chi connectivity index (χ1) is 11.4. The van der Waals surface area contributed by atoms with Crippen LogP contribution in [-0.2, 0) is 6.42 Å². The molecule has 112 valence electrons. The minimum atomic E-state index is 1.04. The Morgan fingerprint density at radius 3 is 2.87 bits per heavy atom. The van der Waals surface area contributed by atoms with Crippen LogP contribution in [0.2, 0.25) is 0 Å². The molecule has 0 saturated carbocycles. The maximum Gasteiger partial charge on any atom is 0.194 e. The molecule has 0 fully saturated rings. The third kappa shape index (κ3) is 2.06. The lowest BCUT2D eigenvalue weighted by Crippen LogP contribution is -1.90. The summed E-state index contributed by atoms with van der Waals surface area (Å²) in [4.78, 5) is 5.86. The second-order valence-electron chi connectivity index (χ2n) is 5.81. The Hall–Kier alpha value is -2.59. The Kier molecular flexibility index (Phi) is 2.78. The van der Waals surface area contributed by atoms with Crippen LogP contribution in [0.5, 0.6) is 0 Å². The van der Waals surface area contributed by atoms with Crippen molar-refractivity contribution in [3.05, 3.63) is 65.7 Å². The standard InChI is InChI=1S/C19H15N3S/c1-2-4-13(5-3-1)18-12-23-19-21-17(11-22(18)19)14-6-7-16-15(10-14)8-9-20-16/h1-7,10-12,20H,8-9H2. The molecule has 3 nitrogen and oxygen atoms in total. The van der Waals surface area contributed by atoms with E-state index in [2.05, 4.69) is 63.8 Å². The molecule has 3 heterocycles. The van der Waals surface area contributed by atoms with Crippen molar-refractivity contribution < 1.29 is 0 Å². The van der Waals surface area contributed by atoms with Gasteiger partial charge >= 0.3 is 0 Å². The number of aromatic nitrogens is 2. The van der Waals surface area contributed by atoms with Gasteiger partial charge in [0.05, 0.1) is 11.4 Å². The summed E-state index contributed by atoms with van der Waals surface area (Å²) in [6.45, 7) is 1.04. The number of anilines is 1. The second-order valence-corrected chi connectivity index (χ2v) is 6.65. The topological polar surface area (TPSA) is 29.3 Å². The smallest absolute Gasteiger partial charge is 0.194 e. The number of benzene rings is 2. The highest BCUT2D eigenvalue weighted by atomic mass is 32.1. The molecule has 0 amide bonds. The van der Waals surface area contributed by atoms with Crippen LogP contribution in [-0.4, -0.2) is 15.9 Å². The van der Waals surface area contributed by atoms with Gasteiger partial charge in [0.1, 0.15) is 0 Å². The van der Waals surface area contributed by atoms with Crippen molar-refractivity contribution in [2.24, 2.45) is 0 Å². The van der Waals surface area contributed by atoms with E-state index in [1.807, 2.05) is 6.07 Å². The molecule has 0 aliphatic carbocycles. The molecule has 5 rings (SSSR count). The van der Waals surface area contributed by atoms with Gasteiger partial charge in [0.15, 0.2) is 4.96 Å². The van der Waals surface area contributed by atoms with E-state index in [4.69, 9.17) is 4.98 Å². The zero-order chi connectivity index (χ0) is 15.2. The quantitative estimate of drug-likeness (QED) is 0.581. The predicted molar refractivity (Wildman–Crippen MR) is 96.1 cm³/mol. The number of fused-ring (bicyclic) bond motifs is 2. The summed E-state index contributed by atoms with van der Waals surface area (Å²) in [6, 6.07) is 17.1. The lowest BCUT2D eigenvalue weighted by molar-refractivity contribution is 1.11. The molecule has 0 atom stereocenters. The molecule has 2 aromatic heterocycles. The highest BCUT2D eigenvalue weighted by molar-refractivity contribution is 7.15. The molecule has 4 heteroatoms. The molecular formula is C19H15N3S. The molecule has 1 N–H and O–H groups in total. The minimum Gasteiger partial charge on any atom is -0.384 e. The maximum atomic E-state index is 4.82. The van der Waals surface area contributed by atoms with Gasteiger partial charge in [0.2, 0.25) is 0 Å². The van der Waals surface area contributed by atoms with Gasteiger partial charge in [-0.2, -0.15) is 0 Å². The zero-order valence-electron chi connectivity index (χ0n) is 12.5. The fraction of sp³-hybridized carbons (Fsp3) is 0.105. The number of rotatable bonds is 2. The summed E-state index contributed by atoms with van der Waals surface area (Å²) in [7, 11) is 0. The molecular weight excluding hydrogens is 302 g/mol. The number of nitrogens with zero attached hydrogens (tertiary/aromatic N) is 2. The fourth-order valence-corrected chi connectivity index (χ4v) is 4.09. The number of thiazole rings is 1. The number of nitrogens with one attached hydrogen (secondary N) is 1. The monoisotopic (exact) mass is 317 g/mol. The van der Waals surface area contributed by atoms with Crippen LogP contribution in [0.15, 0.2) is 60.1 Å². The SMILES string of the molecule is c1ccc(-c2csc3nc(-c4ccc5c(c4)CCN5)cn23)cc1. The summed E-state index contributed by atoms with van der Waals surface area (Å²) in [5.41, 5.74) is 7.32. The molecule has 1 aliphatic heterocycles. The van der Waals surface area contributed by atoms with Crippen LogP contribution in [0.3, 0.4) is 0 Å². The van der Waals surface area contributed by atoms with Gasteiger partial charge in [0, 0.05) is 29.4 Å². The zero-order valence-corrected chi connectivity index (χ0v) is 13.3. The second kappa shape index (κ2) is 4.96. The molecule has 23 heavy (non-hydrogen) atoms. The third-order valence-electron chi connectivity index (χ3n) is 4.39. The highest BCUT2D eigenvalue weighted by Gasteiger charge is 2.14. The van der Waals surface area contributed by atoms with Crippen LogP contribution >= 0.6 is 11.3 Å². The van der Waals surface area contributed by atoms with E-state index in [1.54, 1.807) is 11.3 Å². The Morgan fingerprint density at radius 2 is 1.96 bits per heavy atom. The Bertz CT molecular complexity index is 998. The van der Waals surface area contributed by atoms with Gasteiger partial charge in [-0.05, 0) is 29.7 Å². The summed E-state index contributed by atoms with van der Waals surface area (Å²) >= 11 is 1.69. The van der Waals surface area contributed by atoms with Gasteiger partial charge in [0.25, 0.3) is 0 Å². The summed E-state index contributed by atoms with van der Waals surface area (Å²) in [5.74, 6) is 0. The van der Waals surface area contributed by atoms with Crippen molar-refractivity contribution in [1.29, 1.82) is 0 Å². The van der Waals surface area contributed by atoms with Crippen molar-refractivity contribution in [3.8, 4) is 22.5 Å². The van der Waals surface area contributed by atoms with Crippen molar-refractivity contribution >= 4 is 22.0 Å². The van der Waals surface area contributed by atoms with Crippen LogP contribution in [0.25, 0.3) is 27.5 Å². The first-order valence-electron chi connectivity index (χ1n) is 7.78. The van der Waals surface area contributed by atoms with Crippen LogP contribution < -0.4 is 5.32 Å². The first kappa shape index (κ1) is 12.9. The minimum absolute atomic E-state index is 1.04. The van der Waals surface area contributed by atoms with Crippen molar-refractivity contribution in [2.45, 2.75) is 6.42 Å². The third-order valence-corrected chi connectivity index (χ3v) is 5.23. The van der Waals surface area contributed by atoms with Gasteiger partial charge < -0.3 is 5.32 Å². The number of hydrogen-bond acceptors (Lipinski definition) is 3. The van der Waals surface area contributed by atoms with Crippen LogP contribution in [0.4, 0.5) is 5.69 Å². The normalized spacial score (nSPS) is 13.2. The van der Waals surface area contributed by atoms with Gasteiger partial charge in [-0.15, -0.1) is 11.3 Å². The van der Waals surface area contributed by atoms with E-state index in [0.29, 0.717) is 0 Å². The average Bonchev–Trinajstić information content (AvgIpc) is 3.29. The maximum absolute atomic E-state index is 4.82. The van der Waals surface area contributed by atoms with Gasteiger partial charge in [-0.3, -0.25) is 4.40 Å². The lowest BCUT2D eigenvalue weighted by atomic mass is 10.1. The predicted octanol–water partition coefficient (Wildman–Crippen LogP) is 4.70. The highest BCUT2D eigenvalue weighted by Crippen LogP contribution is 2.31. The Balaban J connectivity index is 1.63. The number of imidazole rings is 1. The van der Waals surface area contributed by atoms with Crippen LogP contribution in [0.1, 0.15) is 5.56 Å². The van der Waals surface area contributed by atoms with E-state index in [1.165, 1.54) is 28.1 Å². The average molecular weight is 317 g/mol. The molecule has 0 spiro atoms. The molecule has 2 aromatic carbocycles. The fourth-order valence-electron chi connectivity index (χ4n) is 3.20. The Morgan fingerprint density at radius 1 is 1.04 bits per heavy atom. The van der Waals surface area contributed by atoms with E-state index in [0.717, 1.165) is 23.6 Å². The summed E-state index contributed by atoms with van der Waals surface area (Å²) < 4.78 is 2.20. The van der Waals surface area contributed by atoms with E-state index < -0.39 is 0 Å². The van der Waals surface area contributed by atoms with E-state index >= 15 is 0 Å². The van der Waals surface area contributed by atoms with Crippen molar-refractivity contribution in [2.75, 3.05) is 11.9 Å². The lowest BCUT2D eigenvalue weighted by Gasteiger charge is -2.02. The van der Waals surface area contributed by atoms with Crippen molar-refractivity contribution in [3.63, 3.8) is 0 Å². The molecule has 1 aliphatic rings. The largest absolute Gasteiger partial charge is 0.384 e. The summed E-state index contributed by atoms with van der Waals surface area (Å²) in [5, 5.41) is 5.58. The molecule has 0 unspecified atom stereocenters. The van der Waals surface area contributed by atoms with Crippen molar-refractivity contribution in [1.82, 2.24) is 9.38 Å².